The van der Waals surface area contributed by atoms with Gasteiger partial charge in [0.2, 0.25) is 0 Å². The number of methoxy groups -OCH3 is 1. The van der Waals surface area contributed by atoms with Gasteiger partial charge in [0.05, 0.1) is 18.4 Å². The second kappa shape index (κ2) is 7.92. The molecule has 4 nitrogen and oxygen atoms in total. The molecular formula is C24H19NO3. The number of aromatic nitrogens is 1. The number of pyridine rings is 1. The molecule has 0 aliphatic rings. The van der Waals surface area contributed by atoms with E-state index < -0.39 is 12.1 Å². The Morgan fingerprint density at radius 2 is 1.57 bits per heavy atom. The van der Waals surface area contributed by atoms with Crippen molar-refractivity contribution in [3.8, 4) is 5.75 Å². The summed E-state index contributed by atoms with van der Waals surface area (Å²) in [7, 11) is 1.59. The Hall–Kier alpha value is -3.66. The van der Waals surface area contributed by atoms with Crippen LogP contribution in [0.25, 0.3) is 10.8 Å². The SMILES string of the molecule is COc1ccc(C(=O)OC(c2ccccc2)c2nccc3ccccc23)cc1. The van der Waals surface area contributed by atoms with Crippen molar-refractivity contribution in [1.82, 2.24) is 4.98 Å². The van der Waals surface area contributed by atoms with Crippen molar-refractivity contribution in [3.05, 3.63) is 108 Å². The molecule has 0 radical (unpaired) electrons. The summed E-state index contributed by atoms with van der Waals surface area (Å²) in [6, 6.07) is 26.4. The average Bonchev–Trinajstić information content (AvgIpc) is 2.77. The van der Waals surface area contributed by atoms with Gasteiger partial charge in [0.1, 0.15) is 5.75 Å². The lowest BCUT2D eigenvalue weighted by Crippen LogP contribution is -2.14. The molecule has 4 rings (SSSR count). The second-order valence-corrected chi connectivity index (χ2v) is 6.34. The summed E-state index contributed by atoms with van der Waals surface area (Å²) in [6.45, 7) is 0. The number of rotatable bonds is 5. The Balaban J connectivity index is 1.75. The van der Waals surface area contributed by atoms with Gasteiger partial charge in [0.15, 0.2) is 6.10 Å². The molecule has 0 saturated heterocycles. The average molecular weight is 369 g/mol. The normalized spacial score (nSPS) is 11.8. The van der Waals surface area contributed by atoms with Crippen LogP contribution in [0.15, 0.2) is 91.1 Å². The fourth-order valence-corrected chi connectivity index (χ4v) is 3.16. The minimum absolute atomic E-state index is 0.411. The van der Waals surface area contributed by atoms with E-state index in [0.717, 1.165) is 16.3 Å². The molecular weight excluding hydrogens is 350 g/mol. The number of benzene rings is 3. The van der Waals surface area contributed by atoms with Crippen molar-refractivity contribution in [2.24, 2.45) is 0 Å². The number of carbonyl (C=O) groups is 1. The molecule has 0 spiro atoms. The summed E-state index contributed by atoms with van der Waals surface area (Å²) >= 11 is 0. The Labute approximate surface area is 163 Å². The van der Waals surface area contributed by atoms with Crippen molar-refractivity contribution in [1.29, 1.82) is 0 Å². The Kier molecular flexibility index (Phi) is 5.02. The lowest BCUT2D eigenvalue weighted by atomic mass is 10.0. The summed E-state index contributed by atoms with van der Waals surface area (Å²) in [6.07, 6.45) is 1.14. The van der Waals surface area contributed by atoms with Gasteiger partial charge < -0.3 is 9.47 Å². The van der Waals surface area contributed by atoms with Crippen molar-refractivity contribution >= 4 is 16.7 Å². The van der Waals surface area contributed by atoms with Crippen LogP contribution in [0.5, 0.6) is 5.75 Å². The van der Waals surface area contributed by atoms with Crippen LogP contribution in [-0.4, -0.2) is 18.1 Å². The van der Waals surface area contributed by atoms with Crippen molar-refractivity contribution in [2.45, 2.75) is 6.10 Å². The molecule has 0 saturated carbocycles. The molecule has 0 amide bonds. The molecule has 0 N–H and O–H groups in total. The van der Waals surface area contributed by atoms with Gasteiger partial charge in [0.25, 0.3) is 0 Å². The van der Waals surface area contributed by atoms with Gasteiger partial charge in [-0.3, -0.25) is 4.98 Å². The zero-order valence-corrected chi connectivity index (χ0v) is 15.4. The van der Waals surface area contributed by atoms with E-state index in [-0.39, 0.29) is 0 Å². The molecule has 1 aromatic heterocycles. The lowest BCUT2D eigenvalue weighted by molar-refractivity contribution is 0.0373. The molecule has 1 heterocycles. The van der Waals surface area contributed by atoms with Gasteiger partial charge in [-0.2, -0.15) is 0 Å². The van der Waals surface area contributed by atoms with E-state index >= 15 is 0 Å². The molecule has 0 aliphatic heterocycles. The monoisotopic (exact) mass is 369 g/mol. The van der Waals surface area contributed by atoms with Gasteiger partial charge in [0, 0.05) is 11.6 Å². The quantitative estimate of drug-likeness (QED) is 0.454. The number of nitrogens with zero attached hydrogens (tertiary/aromatic N) is 1. The highest BCUT2D eigenvalue weighted by Gasteiger charge is 2.23. The van der Waals surface area contributed by atoms with Gasteiger partial charge in [-0.05, 0) is 41.3 Å². The van der Waals surface area contributed by atoms with Crippen molar-refractivity contribution < 1.29 is 14.3 Å². The summed E-state index contributed by atoms with van der Waals surface area (Å²) in [4.78, 5) is 17.4. The number of fused-ring (bicyclic) bond motifs is 1. The van der Waals surface area contributed by atoms with Gasteiger partial charge >= 0.3 is 5.97 Å². The van der Waals surface area contributed by atoms with E-state index in [1.165, 1.54) is 0 Å². The number of hydrogen-bond acceptors (Lipinski definition) is 4. The summed E-state index contributed by atoms with van der Waals surface area (Å²) in [5, 5.41) is 2.01. The van der Waals surface area contributed by atoms with E-state index in [1.807, 2.05) is 60.7 Å². The minimum Gasteiger partial charge on any atom is -0.497 e. The van der Waals surface area contributed by atoms with Crippen LogP contribution in [-0.2, 0) is 4.74 Å². The Morgan fingerprint density at radius 1 is 0.857 bits per heavy atom. The number of hydrogen-bond donors (Lipinski definition) is 0. The van der Waals surface area contributed by atoms with Crippen LogP contribution in [0.2, 0.25) is 0 Å². The third-order valence-corrected chi connectivity index (χ3v) is 4.61. The second-order valence-electron chi connectivity index (χ2n) is 6.34. The third kappa shape index (κ3) is 3.58. The van der Waals surface area contributed by atoms with Gasteiger partial charge in [-0.1, -0.05) is 54.6 Å². The van der Waals surface area contributed by atoms with Crippen LogP contribution < -0.4 is 4.74 Å². The molecule has 138 valence electrons. The number of esters is 1. The van der Waals surface area contributed by atoms with E-state index in [4.69, 9.17) is 9.47 Å². The van der Waals surface area contributed by atoms with Crippen LogP contribution in [0.3, 0.4) is 0 Å². The first kappa shape index (κ1) is 17.7. The zero-order valence-electron chi connectivity index (χ0n) is 15.4. The fourth-order valence-electron chi connectivity index (χ4n) is 3.16. The first-order valence-electron chi connectivity index (χ1n) is 9.00. The maximum absolute atomic E-state index is 12.8. The highest BCUT2D eigenvalue weighted by atomic mass is 16.5. The topological polar surface area (TPSA) is 48.4 Å². The fraction of sp³-hybridized carbons (Fsp3) is 0.0833. The van der Waals surface area contributed by atoms with Gasteiger partial charge in [-0.25, -0.2) is 4.79 Å². The molecule has 4 heteroatoms. The molecule has 0 bridgehead atoms. The maximum atomic E-state index is 12.8. The maximum Gasteiger partial charge on any atom is 0.339 e. The molecule has 1 atom stereocenters. The Morgan fingerprint density at radius 3 is 2.32 bits per heavy atom. The standard InChI is InChI=1S/C24H19NO3/c1-27-20-13-11-19(12-14-20)24(26)28-23(18-8-3-2-4-9-18)22-21-10-6-5-7-17(21)15-16-25-22/h2-16,23H,1H3. The van der Waals surface area contributed by atoms with Crippen LogP contribution in [0, 0.1) is 0 Å². The first-order valence-corrected chi connectivity index (χ1v) is 9.00. The lowest BCUT2D eigenvalue weighted by Gasteiger charge is -2.19. The van der Waals surface area contributed by atoms with E-state index in [9.17, 15) is 4.79 Å². The summed E-state index contributed by atoms with van der Waals surface area (Å²) < 4.78 is 11.1. The molecule has 4 aromatic rings. The molecule has 3 aromatic carbocycles. The van der Waals surface area contributed by atoms with Gasteiger partial charge in [-0.15, -0.1) is 0 Å². The smallest absolute Gasteiger partial charge is 0.339 e. The molecule has 0 aliphatic carbocycles. The van der Waals surface area contributed by atoms with Crippen LogP contribution >= 0.6 is 0 Å². The van der Waals surface area contributed by atoms with Crippen molar-refractivity contribution in [2.75, 3.05) is 7.11 Å². The van der Waals surface area contributed by atoms with Crippen LogP contribution in [0.1, 0.15) is 27.7 Å². The third-order valence-electron chi connectivity index (χ3n) is 4.61. The molecule has 28 heavy (non-hydrogen) atoms. The van der Waals surface area contributed by atoms with Crippen molar-refractivity contribution in [3.63, 3.8) is 0 Å². The summed E-state index contributed by atoms with van der Waals surface area (Å²) in [5.41, 5.74) is 2.04. The summed E-state index contributed by atoms with van der Waals surface area (Å²) in [5.74, 6) is 0.276. The number of carbonyl (C=O) groups excluding carboxylic acids is 1. The highest BCUT2D eigenvalue weighted by molar-refractivity contribution is 5.90. The highest BCUT2D eigenvalue weighted by Crippen LogP contribution is 2.31. The predicted octanol–water partition coefficient (Wildman–Crippen LogP) is 5.19. The minimum atomic E-state index is -0.609. The van der Waals surface area contributed by atoms with E-state index in [0.29, 0.717) is 17.0 Å². The first-order chi connectivity index (χ1) is 13.8. The largest absolute Gasteiger partial charge is 0.497 e. The van der Waals surface area contributed by atoms with E-state index in [2.05, 4.69) is 4.98 Å². The molecule has 1 unspecified atom stereocenters. The predicted molar refractivity (Wildman–Crippen MR) is 108 cm³/mol. The number of ether oxygens (including phenoxy) is 2. The van der Waals surface area contributed by atoms with Crippen LogP contribution in [0.4, 0.5) is 0 Å². The Bertz CT molecular complexity index is 1090. The zero-order chi connectivity index (χ0) is 19.3. The molecule has 0 fully saturated rings. The van der Waals surface area contributed by atoms with E-state index in [1.54, 1.807) is 37.6 Å².